The maximum absolute atomic E-state index is 5.88. The molecule has 1 unspecified atom stereocenters. The lowest BCUT2D eigenvalue weighted by Crippen LogP contribution is -2.37. The van der Waals surface area contributed by atoms with E-state index >= 15 is 0 Å². The Labute approximate surface area is 118 Å². The van der Waals surface area contributed by atoms with Gasteiger partial charge in [0, 0.05) is 23.5 Å². The van der Waals surface area contributed by atoms with Crippen LogP contribution in [0.4, 0.5) is 0 Å². The van der Waals surface area contributed by atoms with Crippen LogP contribution < -0.4 is 11.3 Å². The van der Waals surface area contributed by atoms with Gasteiger partial charge in [-0.3, -0.25) is 16.3 Å². The highest BCUT2D eigenvalue weighted by Gasteiger charge is 2.08. The number of rotatable bonds is 6. The van der Waals surface area contributed by atoms with Gasteiger partial charge in [0.15, 0.2) is 0 Å². The minimum absolute atomic E-state index is 0.259. The molecule has 0 spiro atoms. The van der Waals surface area contributed by atoms with Gasteiger partial charge in [0.2, 0.25) is 0 Å². The van der Waals surface area contributed by atoms with Crippen LogP contribution in [0.3, 0.4) is 0 Å². The Hall–Kier alpha value is -1.42. The molecule has 19 heavy (non-hydrogen) atoms. The molecule has 0 bridgehead atoms. The summed E-state index contributed by atoms with van der Waals surface area (Å²) in [6.07, 6.45) is 6.52. The molecule has 1 aromatic carbocycles. The molecule has 100 valence electrons. The van der Waals surface area contributed by atoms with Crippen LogP contribution in [0, 0.1) is 0 Å². The van der Waals surface area contributed by atoms with E-state index in [0.29, 0.717) is 0 Å². The third kappa shape index (κ3) is 4.63. The van der Waals surface area contributed by atoms with E-state index in [-0.39, 0.29) is 6.04 Å². The number of hydrazine groups is 1. The number of pyridine rings is 1. The molecular formula is C15H18ClN3. The maximum atomic E-state index is 5.88. The number of nitrogens with zero attached hydrogens (tertiary/aromatic N) is 1. The van der Waals surface area contributed by atoms with E-state index in [1.807, 2.05) is 48.8 Å². The summed E-state index contributed by atoms with van der Waals surface area (Å²) >= 11 is 5.88. The number of hydrogen-bond donors (Lipinski definition) is 2. The first-order valence-corrected chi connectivity index (χ1v) is 6.75. The van der Waals surface area contributed by atoms with Crippen LogP contribution in [-0.2, 0) is 12.8 Å². The van der Waals surface area contributed by atoms with E-state index in [2.05, 4.69) is 10.4 Å². The number of halogens is 1. The van der Waals surface area contributed by atoms with Gasteiger partial charge in [0.1, 0.15) is 0 Å². The Morgan fingerprint density at radius 2 is 1.74 bits per heavy atom. The Balaban J connectivity index is 1.88. The molecule has 1 atom stereocenters. The average molecular weight is 276 g/mol. The molecule has 0 saturated carbocycles. The highest BCUT2D eigenvalue weighted by molar-refractivity contribution is 6.30. The first kappa shape index (κ1) is 14.0. The quantitative estimate of drug-likeness (QED) is 0.630. The van der Waals surface area contributed by atoms with Crippen molar-refractivity contribution in [2.24, 2.45) is 5.84 Å². The van der Waals surface area contributed by atoms with Gasteiger partial charge < -0.3 is 0 Å². The minimum atomic E-state index is 0.259. The predicted octanol–water partition coefficient (Wildman–Crippen LogP) is 2.74. The van der Waals surface area contributed by atoms with Crippen molar-refractivity contribution in [3.05, 3.63) is 64.9 Å². The summed E-state index contributed by atoms with van der Waals surface area (Å²) in [6, 6.07) is 12.2. The molecule has 0 saturated heterocycles. The Morgan fingerprint density at radius 1 is 1.05 bits per heavy atom. The summed E-state index contributed by atoms with van der Waals surface area (Å²) in [4.78, 5) is 4.02. The van der Waals surface area contributed by atoms with Crippen LogP contribution in [0.5, 0.6) is 0 Å². The monoisotopic (exact) mass is 275 g/mol. The highest BCUT2D eigenvalue weighted by atomic mass is 35.5. The van der Waals surface area contributed by atoms with E-state index in [1.165, 1.54) is 11.1 Å². The van der Waals surface area contributed by atoms with Crippen molar-refractivity contribution in [2.45, 2.75) is 25.3 Å². The normalized spacial score (nSPS) is 12.3. The number of hydrogen-bond acceptors (Lipinski definition) is 3. The topological polar surface area (TPSA) is 50.9 Å². The largest absolute Gasteiger partial charge is 0.271 e. The SMILES string of the molecule is NNC(CCc1ccncc1)Cc1ccc(Cl)cc1. The second-order valence-electron chi connectivity index (χ2n) is 4.59. The molecule has 3 nitrogen and oxygen atoms in total. The molecule has 0 aliphatic rings. The Morgan fingerprint density at radius 3 is 2.37 bits per heavy atom. The van der Waals surface area contributed by atoms with Crippen molar-refractivity contribution in [3.63, 3.8) is 0 Å². The molecule has 1 heterocycles. The molecule has 1 aromatic heterocycles. The standard InChI is InChI=1S/C15H18ClN3/c16-14-4-1-13(2-5-14)11-15(19-17)6-3-12-7-9-18-10-8-12/h1-2,4-5,7-10,15,19H,3,6,11,17H2. The highest BCUT2D eigenvalue weighted by Crippen LogP contribution is 2.13. The van der Waals surface area contributed by atoms with Crippen LogP contribution in [0.25, 0.3) is 0 Å². The van der Waals surface area contributed by atoms with E-state index in [1.54, 1.807) is 0 Å². The van der Waals surface area contributed by atoms with Gasteiger partial charge in [0.05, 0.1) is 0 Å². The molecule has 2 aromatic rings. The lowest BCUT2D eigenvalue weighted by atomic mass is 10.00. The van der Waals surface area contributed by atoms with Gasteiger partial charge in [-0.25, -0.2) is 0 Å². The number of benzene rings is 1. The van der Waals surface area contributed by atoms with Crippen LogP contribution in [0.15, 0.2) is 48.8 Å². The summed E-state index contributed by atoms with van der Waals surface area (Å²) in [7, 11) is 0. The molecule has 0 fully saturated rings. The number of aryl methyl sites for hydroxylation is 1. The van der Waals surface area contributed by atoms with Crippen molar-refractivity contribution in [2.75, 3.05) is 0 Å². The van der Waals surface area contributed by atoms with Gasteiger partial charge in [-0.05, 0) is 54.7 Å². The first-order valence-electron chi connectivity index (χ1n) is 6.37. The van der Waals surface area contributed by atoms with Crippen molar-refractivity contribution in [1.29, 1.82) is 0 Å². The average Bonchev–Trinajstić information content (AvgIpc) is 2.46. The second kappa shape index (κ2) is 7.24. The number of nitrogens with one attached hydrogen (secondary N) is 1. The third-order valence-corrected chi connectivity index (χ3v) is 3.41. The van der Waals surface area contributed by atoms with Crippen LogP contribution in [0.2, 0.25) is 5.02 Å². The molecule has 0 aliphatic heterocycles. The smallest absolute Gasteiger partial charge is 0.0406 e. The van der Waals surface area contributed by atoms with Gasteiger partial charge in [0.25, 0.3) is 0 Å². The van der Waals surface area contributed by atoms with E-state index in [4.69, 9.17) is 17.4 Å². The molecule has 3 N–H and O–H groups in total. The summed E-state index contributed by atoms with van der Waals surface area (Å²) in [5, 5.41) is 0.762. The number of nitrogens with two attached hydrogens (primary N) is 1. The molecule has 0 radical (unpaired) electrons. The van der Waals surface area contributed by atoms with E-state index in [0.717, 1.165) is 24.3 Å². The zero-order chi connectivity index (χ0) is 13.5. The number of aromatic nitrogens is 1. The predicted molar refractivity (Wildman–Crippen MR) is 78.8 cm³/mol. The fraction of sp³-hybridized carbons (Fsp3) is 0.267. The van der Waals surface area contributed by atoms with E-state index in [9.17, 15) is 0 Å². The van der Waals surface area contributed by atoms with Crippen LogP contribution >= 0.6 is 11.6 Å². The zero-order valence-corrected chi connectivity index (χ0v) is 11.5. The lowest BCUT2D eigenvalue weighted by molar-refractivity contribution is 0.491. The molecule has 2 rings (SSSR count). The van der Waals surface area contributed by atoms with Gasteiger partial charge in [-0.15, -0.1) is 0 Å². The molecule has 0 aliphatic carbocycles. The van der Waals surface area contributed by atoms with Crippen molar-refractivity contribution < 1.29 is 0 Å². The zero-order valence-electron chi connectivity index (χ0n) is 10.7. The molecular weight excluding hydrogens is 258 g/mol. The minimum Gasteiger partial charge on any atom is -0.271 e. The van der Waals surface area contributed by atoms with Gasteiger partial charge >= 0.3 is 0 Å². The summed E-state index contributed by atoms with van der Waals surface area (Å²) < 4.78 is 0. The van der Waals surface area contributed by atoms with Crippen LogP contribution in [-0.4, -0.2) is 11.0 Å². The fourth-order valence-corrected chi connectivity index (χ4v) is 2.17. The Bertz CT molecular complexity index is 485. The molecule has 0 amide bonds. The fourth-order valence-electron chi connectivity index (χ4n) is 2.04. The molecule has 4 heteroatoms. The van der Waals surface area contributed by atoms with Crippen molar-refractivity contribution in [1.82, 2.24) is 10.4 Å². The van der Waals surface area contributed by atoms with Crippen LogP contribution in [0.1, 0.15) is 17.5 Å². The third-order valence-electron chi connectivity index (χ3n) is 3.16. The first-order chi connectivity index (χ1) is 9.28. The summed E-state index contributed by atoms with van der Waals surface area (Å²) in [5.74, 6) is 5.63. The van der Waals surface area contributed by atoms with Gasteiger partial charge in [-0.2, -0.15) is 0 Å². The van der Waals surface area contributed by atoms with Gasteiger partial charge in [-0.1, -0.05) is 23.7 Å². The maximum Gasteiger partial charge on any atom is 0.0406 e. The summed E-state index contributed by atoms with van der Waals surface area (Å²) in [5.41, 5.74) is 5.41. The van der Waals surface area contributed by atoms with E-state index < -0.39 is 0 Å². The van der Waals surface area contributed by atoms with Crippen molar-refractivity contribution in [3.8, 4) is 0 Å². The van der Waals surface area contributed by atoms with Crippen molar-refractivity contribution >= 4 is 11.6 Å². The second-order valence-corrected chi connectivity index (χ2v) is 5.02. The summed E-state index contributed by atoms with van der Waals surface area (Å²) in [6.45, 7) is 0. The lowest BCUT2D eigenvalue weighted by Gasteiger charge is -2.16. The Kier molecular flexibility index (Phi) is 5.33.